The lowest BCUT2D eigenvalue weighted by atomic mass is 10.2. The summed E-state index contributed by atoms with van der Waals surface area (Å²) in [6.45, 7) is 5.14. The van der Waals surface area contributed by atoms with E-state index in [1.165, 1.54) is 17.0 Å². The second kappa shape index (κ2) is 7.15. The van der Waals surface area contributed by atoms with Crippen LogP contribution >= 0.6 is 11.3 Å². The third-order valence-electron chi connectivity index (χ3n) is 4.64. The van der Waals surface area contributed by atoms with Gasteiger partial charge in [-0.3, -0.25) is 14.3 Å². The van der Waals surface area contributed by atoms with Crippen LogP contribution in [-0.2, 0) is 17.9 Å². The molecule has 0 saturated carbocycles. The van der Waals surface area contributed by atoms with Crippen molar-refractivity contribution in [1.29, 1.82) is 0 Å². The van der Waals surface area contributed by atoms with Crippen LogP contribution in [0.3, 0.4) is 0 Å². The van der Waals surface area contributed by atoms with Gasteiger partial charge < -0.3 is 9.64 Å². The smallest absolute Gasteiger partial charge is 0.325 e. The second-order valence-electron chi connectivity index (χ2n) is 6.42. The number of carbonyl (C=O) groups excluding carboxylic acids is 1. The number of nitrogens with zero attached hydrogens (tertiary/aromatic N) is 4. The maximum absolute atomic E-state index is 14.6. The van der Waals surface area contributed by atoms with Gasteiger partial charge in [0, 0.05) is 25.7 Å². The molecular weight excluding hydrogens is 371 g/mol. The lowest BCUT2D eigenvalue weighted by molar-refractivity contribution is -0.121. The lowest BCUT2D eigenvalue weighted by Crippen LogP contribution is -2.38. The van der Waals surface area contributed by atoms with Crippen molar-refractivity contribution in [3.05, 3.63) is 45.1 Å². The van der Waals surface area contributed by atoms with Crippen molar-refractivity contribution >= 4 is 28.6 Å². The molecule has 2 aromatic rings. The Hall–Kier alpha value is -2.68. The number of ether oxygens (including phenoxy) is 1. The topological polar surface area (TPSA) is 68.8 Å². The van der Waals surface area contributed by atoms with Crippen molar-refractivity contribution in [2.75, 3.05) is 18.1 Å². The molecule has 0 atom stereocenters. The molecule has 0 bridgehead atoms. The van der Waals surface area contributed by atoms with Crippen LogP contribution in [0.2, 0.25) is 0 Å². The van der Waals surface area contributed by atoms with E-state index in [2.05, 4.69) is 11.6 Å². The fraction of sp³-hybridized carbons (Fsp3) is 0.389. The largest absolute Gasteiger partial charge is 0.481 e. The fourth-order valence-electron chi connectivity index (χ4n) is 3.32. The van der Waals surface area contributed by atoms with Gasteiger partial charge >= 0.3 is 4.87 Å². The molecule has 0 radical (unpaired) electrons. The van der Waals surface area contributed by atoms with Gasteiger partial charge in [0.2, 0.25) is 4.80 Å². The van der Waals surface area contributed by atoms with Crippen molar-refractivity contribution < 1.29 is 13.9 Å². The summed E-state index contributed by atoms with van der Waals surface area (Å²) in [5.41, 5.74) is 0.524. The Balaban J connectivity index is 1.84. The highest BCUT2D eigenvalue weighted by molar-refractivity contribution is 7.06. The van der Waals surface area contributed by atoms with Gasteiger partial charge in [-0.05, 0) is 36.7 Å². The number of fused-ring (bicyclic) bond motifs is 2. The average Bonchev–Trinajstić information content (AvgIpc) is 2.82. The molecule has 0 fully saturated rings. The van der Waals surface area contributed by atoms with Gasteiger partial charge in [0.1, 0.15) is 11.4 Å². The van der Waals surface area contributed by atoms with Crippen molar-refractivity contribution in [3.8, 4) is 5.75 Å². The van der Waals surface area contributed by atoms with Crippen LogP contribution in [0, 0.1) is 5.82 Å². The number of amides is 1. The number of aromatic nitrogens is 2. The van der Waals surface area contributed by atoms with E-state index >= 15 is 0 Å². The zero-order valence-electron chi connectivity index (χ0n) is 14.7. The van der Waals surface area contributed by atoms with E-state index in [1.54, 1.807) is 10.8 Å². The predicted molar refractivity (Wildman–Crippen MR) is 100 cm³/mol. The third-order valence-corrected chi connectivity index (χ3v) is 5.51. The summed E-state index contributed by atoms with van der Waals surface area (Å²) in [6.07, 6.45) is 4.54. The summed E-state index contributed by atoms with van der Waals surface area (Å²) in [6, 6.07) is 2.72. The molecule has 0 unspecified atom stereocenters. The van der Waals surface area contributed by atoms with Crippen LogP contribution in [0.15, 0.2) is 34.6 Å². The van der Waals surface area contributed by atoms with Crippen LogP contribution in [-0.4, -0.2) is 28.4 Å². The standard InChI is InChI=1S/C18H19FN4O3S/c1-2-6-21-14-10-13(12(19)9-15(14)26-11-16(21)24)20-17-22-7-4-3-5-8-23(22)18(25)27-17/h2,9-10H,1,3-8,11H2. The normalized spacial score (nSPS) is 17.1. The Bertz CT molecular complexity index is 1040. The van der Waals surface area contributed by atoms with Crippen molar-refractivity contribution in [2.45, 2.75) is 32.4 Å². The molecule has 2 aliphatic heterocycles. The Morgan fingerprint density at radius 2 is 2.00 bits per heavy atom. The summed E-state index contributed by atoms with van der Waals surface area (Å²) in [7, 11) is 0. The van der Waals surface area contributed by atoms with Crippen LogP contribution in [0.25, 0.3) is 0 Å². The first kappa shape index (κ1) is 17.7. The zero-order chi connectivity index (χ0) is 19.0. The van der Waals surface area contributed by atoms with Gasteiger partial charge in [0.05, 0.1) is 5.69 Å². The van der Waals surface area contributed by atoms with Gasteiger partial charge in [0.25, 0.3) is 5.91 Å². The van der Waals surface area contributed by atoms with E-state index in [9.17, 15) is 14.0 Å². The first-order chi connectivity index (χ1) is 13.1. The molecule has 142 valence electrons. The van der Waals surface area contributed by atoms with Gasteiger partial charge in [-0.25, -0.2) is 14.1 Å². The van der Waals surface area contributed by atoms with E-state index in [0.717, 1.165) is 30.6 Å². The quantitative estimate of drug-likeness (QED) is 0.755. The summed E-state index contributed by atoms with van der Waals surface area (Å²) >= 11 is 1.00. The van der Waals surface area contributed by atoms with Gasteiger partial charge in [-0.15, -0.1) is 6.58 Å². The molecule has 9 heteroatoms. The molecule has 0 aliphatic carbocycles. The SMILES string of the molecule is C=CCN1C(=O)COc2cc(F)c(N=c3sc(=O)n4n3CCCCC4)cc21. The first-order valence-electron chi connectivity index (χ1n) is 8.81. The van der Waals surface area contributed by atoms with Gasteiger partial charge in [-0.2, -0.15) is 0 Å². The number of hydrogen-bond donors (Lipinski definition) is 0. The Morgan fingerprint density at radius 3 is 2.78 bits per heavy atom. The van der Waals surface area contributed by atoms with Crippen LogP contribution in [0.4, 0.5) is 15.8 Å². The molecule has 1 amide bonds. The highest BCUT2D eigenvalue weighted by Gasteiger charge is 2.26. The average molecular weight is 390 g/mol. The molecule has 1 aromatic carbocycles. The summed E-state index contributed by atoms with van der Waals surface area (Å²) in [5, 5.41) is 0. The first-order valence-corrected chi connectivity index (χ1v) is 9.63. The Labute approximate surface area is 158 Å². The zero-order valence-corrected chi connectivity index (χ0v) is 15.5. The molecule has 27 heavy (non-hydrogen) atoms. The molecule has 7 nitrogen and oxygen atoms in total. The number of hydrogen-bond acceptors (Lipinski definition) is 5. The van der Waals surface area contributed by atoms with Crippen molar-refractivity contribution in [1.82, 2.24) is 9.36 Å². The van der Waals surface area contributed by atoms with E-state index < -0.39 is 5.82 Å². The summed E-state index contributed by atoms with van der Waals surface area (Å²) in [4.78, 5) is 30.6. The van der Waals surface area contributed by atoms with Crippen molar-refractivity contribution in [3.63, 3.8) is 0 Å². The molecule has 4 rings (SSSR count). The summed E-state index contributed by atoms with van der Waals surface area (Å²) in [5.74, 6) is -0.489. The minimum absolute atomic E-state index is 0.0718. The number of anilines is 1. The van der Waals surface area contributed by atoms with E-state index in [-0.39, 0.29) is 23.1 Å². The number of carbonyl (C=O) groups is 1. The van der Waals surface area contributed by atoms with Crippen LogP contribution in [0.1, 0.15) is 19.3 Å². The second-order valence-corrected chi connectivity index (χ2v) is 7.34. The van der Waals surface area contributed by atoms with Gasteiger partial charge in [-0.1, -0.05) is 6.08 Å². The molecule has 1 aromatic heterocycles. The maximum atomic E-state index is 14.6. The molecule has 0 saturated heterocycles. The van der Waals surface area contributed by atoms with E-state index in [0.29, 0.717) is 35.9 Å². The Morgan fingerprint density at radius 1 is 1.22 bits per heavy atom. The van der Waals surface area contributed by atoms with Crippen molar-refractivity contribution in [2.24, 2.45) is 4.99 Å². The summed E-state index contributed by atoms with van der Waals surface area (Å²) < 4.78 is 23.4. The highest BCUT2D eigenvalue weighted by atomic mass is 32.1. The van der Waals surface area contributed by atoms with Crippen LogP contribution in [0.5, 0.6) is 5.75 Å². The van der Waals surface area contributed by atoms with E-state index in [4.69, 9.17) is 4.74 Å². The minimum atomic E-state index is -0.560. The fourth-order valence-corrected chi connectivity index (χ4v) is 4.21. The maximum Gasteiger partial charge on any atom is 0.325 e. The third kappa shape index (κ3) is 3.23. The number of benzene rings is 1. The van der Waals surface area contributed by atoms with E-state index in [1.807, 2.05) is 4.68 Å². The molecular formula is C18H19FN4O3S. The Kier molecular flexibility index (Phi) is 4.69. The molecule has 3 heterocycles. The monoisotopic (exact) mass is 390 g/mol. The molecule has 0 N–H and O–H groups in total. The number of halogens is 1. The molecule has 0 spiro atoms. The molecule has 2 aliphatic rings. The lowest BCUT2D eigenvalue weighted by Gasteiger charge is -2.28. The minimum Gasteiger partial charge on any atom is -0.481 e. The van der Waals surface area contributed by atoms with Crippen LogP contribution < -0.4 is 19.3 Å². The predicted octanol–water partition coefficient (Wildman–Crippen LogP) is 2.18. The number of rotatable bonds is 3. The van der Waals surface area contributed by atoms with Gasteiger partial charge in [0.15, 0.2) is 12.4 Å². The highest BCUT2D eigenvalue weighted by Crippen LogP contribution is 2.37.